The number of aliphatic carboxylic acids is 2. The van der Waals surface area contributed by atoms with E-state index in [2.05, 4.69) is 10.2 Å². The smallest absolute Gasteiger partial charge is 0.451 e. The van der Waals surface area contributed by atoms with E-state index >= 15 is 0 Å². The molecule has 210 valence electrons. The minimum atomic E-state index is -4.64. The molecule has 0 radical (unpaired) electrons. The van der Waals surface area contributed by atoms with Crippen LogP contribution in [0.5, 0.6) is 0 Å². The fourth-order valence-corrected chi connectivity index (χ4v) is 3.55. The number of hydrogen-bond acceptors (Lipinski definition) is 8. The summed E-state index contributed by atoms with van der Waals surface area (Å²) in [6, 6.07) is 0.184. The van der Waals surface area contributed by atoms with Crippen LogP contribution in [0.25, 0.3) is 0 Å². The molecule has 1 atom stereocenters. The van der Waals surface area contributed by atoms with Crippen LogP contribution in [0.3, 0.4) is 0 Å². The predicted octanol–water partition coefficient (Wildman–Crippen LogP) is 0.0631. The average Bonchev–Trinajstić information content (AvgIpc) is 3.24. The number of alkyl halides is 3. The van der Waals surface area contributed by atoms with Crippen LogP contribution in [0, 0.1) is 17.5 Å². The van der Waals surface area contributed by atoms with Gasteiger partial charge in [-0.25, -0.2) is 13.2 Å². The molecule has 0 spiro atoms. The number of amides is 1. The lowest BCUT2D eigenvalue weighted by molar-refractivity contribution is -0.308. The first-order chi connectivity index (χ1) is 17.7. The van der Waals surface area contributed by atoms with Crippen molar-refractivity contribution in [2.75, 3.05) is 6.54 Å². The summed E-state index contributed by atoms with van der Waals surface area (Å²) in [5.74, 6) is -7.43. The highest BCUT2D eigenvalue weighted by molar-refractivity contribution is 5.77. The minimum Gasteiger partial charge on any atom is -0.550 e. The van der Waals surface area contributed by atoms with Gasteiger partial charge < -0.3 is 35.0 Å². The summed E-state index contributed by atoms with van der Waals surface area (Å²) in [6.45, 7) is -0.302. The molecular formula is C22H23F6N5O5-2. The Morgan fingerprint density at radius 3 is 2.08 bits per heavy atom. The van der Waals surface area contributed by atoms with E-state index in [-0.39, 0.29) is 56.7 Å². The molecule has 0 saturated heterocycles. The van der Waals surface area contributed by atoms with Crippen molar-refractivity contribution < 1.29 is 50.9 Å². The molecule has 3 rings (SSSR count). The van der Waals surface area contributed by atoms with Crippen LogP contribution in [0.4, 0.5) is 26.3 Å². The van der Waals surface area contributed by atoms with E-state index in [1.165, 1.54) is 4.90 Å². The number of nitrogens with zero attached hydrogens (tertiary/aromatic N) is 4. The van der Waals surface area contributed by atoms with Crippen molar-refractivity contribution in [3.05, 3.63) is 46.8 Å². The average molecular weight is 551 g/mol. The van der Waals surface area contributed by atoms with Gasteiger partial charge in [-0.15, -0.1) is 10.2 Å². The van der Waals surface area contributed by atoms with Gasteiger partial charge in [0.2, 0.25) is 11.7 Å². The van der Waals surface area contributed by atoms with Gasteiger partial charge in [0.05, 0.1) is 6.54 Å². The summed E-state index contributed by atoms with van der Waals surface area (Å²) in [4.78, 5) is 33.2. The standard InChI is InChI=1S/C16H15F6N5O.C6H10O4/c17-10-6-12(19)11(18)4-8(10)3-9(23)5-14(28)26-1-2-27-13(7-26)24-25-15(27)16(20,21)22;7-5(8)3-1-2-4-6(9)10/h4,6,9H,1-3,5,7,23H2;1-4H2,(H,7,8)(H,9,10)/p-2/t9-;/m1./s1. The molecule has 1 aromatic carbocycles. The molecular weight excluding hydrogens is 528 g/mol. The quantitative estimate of drug-likeness (QED) is 0.261. The van der Waals surface area contributed by atoms with Crippen LogP contribution in [0.2, 0.25) is 0 Å². The number of halogens is 6. The van der Waals surface area contributed by atoms with Crippen molar-refractivity contribution in [3.63, 3.8) is 0 Å². The Kier molecular flexibility index (Phi) is 10.6. The molecule has 2 heterocycles. The van der Waals surface area contributed by atoms with Gasteiger partial charge in [0, 0.05) is 43.6 Å². The van der Waals surface area contributed by atoms with Crippen molar-refractivity contribution in [2.45, 2.75) is 63.8 Å². The van der Waals surface area contributed by atoms with Gasteiger partial charge >= 0.3 is 6.18 Å². The fraction of sp³-hybridized carbons (Fsp3) is 0.500. The maximum Gasteiger partial charge on any atom is 0.451 e. The zero-order valence-electron chi connectivity index (χ0n) is 19.8. The largest absolute Gasteiger partial charge is 0.550 e. The summed E-state index contributed by atoms with van der Waals surface area (Å²) in [5, 5.41) is 26.1. The Labute approximate surface area is 212 Å². The highest BCUT2D eigenvalue weighted by atomic mass is 19.4. The highest BCUT2D eigenvalue weighted by Crippen LogP contribution is 2.29. The van der Waals surface area contributed by atoms with Crippen molar-refractivity contribution in [3.8, 4) is 0 Å². The topological polar surface area (TPSA) is 157 Å². The zero-order chi connectivity index (χ0) is 28.6. The number of carboxylic acids is 2. The number of fused-ring (bicyclic) bond motifs is 1. The van der Waals surface area contributed by atoms with Crippen molar-refractivity contribution in [2.24, 2.45) is 5.73 Å². The Morgan fingerprint density at radius 1 is 0.947 bits per heavy atom. The van der Waals surface area contributed by atoms with Crippen LogP contribution in [-0.4, -0.2) is 50.1 Å². The predicted molar refractivity (Wildman–Crippen MR) is 112 cm³/mol. The Morgan fingerprint density at radius 2 is 1.53 bits per heavy atom. The summed E-state index contributed by atoms with van der Waals surface area (Å²) >= 11 is 0. The lowest BCUT2D eigenvalue weighted by atomic mass is 10.0. The van der Waals surface area contributed by atoms with Crippen molar-refractivity contribution in [1.29, 1.82) is 0 Å². The van der Waals surface area contributed by atoms with Crippen LogP contribution in [0.1, 0.15) is 49.3 Å². The molecule has 0 fully saturated rings. The minimum absolute atomic E-state index is 0.000783. The van der Waals surface area contributed by atoms with Crippen LogP contribution >= 0.6 is 0 Å². The molecule has 2 aromatic rings. The normalized spacial score (nSPS) is 13.8. The molecule has 1 aliphatic heterocycles. The maximum atomic E-state index is 13.7. The number of benzene rings is 1. The van der Waals surface area contributed by atoms with Crippen molar-refractivity contribution >= 4 is 17.8 Å². The summed E-state index contributed by atoms with van der Waals surface area (Å²) in [6.07, 6.45) is -4.57. The monoisotopic (exact) mass is 551 g/mol. The van der Waals surface area contributed by atoms with E-state index in [0.29, 0.717) is 25.0 Å². The number of carbonyl (C=O) groups is 3. The lowest BCUT2D eigenvalue weighted by Crippen LogP contribution is -2.42. The van der Waals surface area contributed by atoms with Crippen LogP contribution < -0.4 is 15.9 Å². The Bertz CT molecular complexity index is 1140. The number of aromatic nitrogens is 3. The van der Waals surface area contributed by atoms with E-state index in [0.717, 1.165) is 4.57 Å². The molecule has 0 unspecified atom stereocenters. The van der Waals surface area contributed by atoms with Gasteiger partial charge in [-0.2, -0.15) is 13.2 Å². The lowest BCUT2D eigenvalue weighted by Gasteiger charge is -2.29. The molecule has 1 amide bonds. The first kappa shape index (κ1) is 30.5. The second kappa shape index (κ2) is 13.2. The molecule has 1 aromatic heterocycles. The van der Waals surface area contributed by atoms with Crippen molar-refractivity contribution in [1.82, 2.24) is 19.7 Å². The van der Waals surface area contributed by atoms with Gasteiger partial charge in [-0.05, 0) is 43.7 Å². The Balaban J connectivity index is 0.000000432. The molecule has 0 aliphatic carbocycles. The number of carbonyl (C=O) groups excluding carboxylic acids is 3. The van der Waals surface area contributed by atoms with Crippen LogP contribution in [0.15, 0.2) is 12.1 Å². The highest BCUT2D eigenvalue weighted by Gasteiger charge is 2.40. The number of rotatable bonds is 9. The van der Waals surface area contributed by atoms with Gasteiger partial charge in [0.25, 0.3) is 0 Å². The second-order valence-corrected chi connectivity index (χ2v) is 8.38. The van der Waals surface area contributed by atoms with Gasteiger partial charge in [0.15, 0.2) is 17.5 Å². The first-order valence-corrected chi connectivity index (χ1v) is 11.2. The fourth-order valence-electron chi connectivity index (χ4n) is 3.55. The molecule has 16 heteroatoms. The number of carboxylic acid groups (broad SMARTS) is 2. The third-order valence-electron chi connectivity index (χ3n) is 5.38. The Hall–Kier alpha value is -3.69. The number of nitrogens with two attached hydrogens (primary N) is 1. The number of unbranched alkanes of at least 4 members (excludes halogenated alkanes) is 1. The second-order valence-electron chi connectivity index (χ2n) is 8.38. The molecule has 38 heavy (non-hydrogen) atoms. The summed E-state index contributed by atoms with van der Waals surface area (Å²) in [7, 11) is 0. The van der Waals surface area contributed by atoms with E-state index in [1.54, 1.807) is 0 Å². The van der Waals surface area contributed by atoms with Gasteiger partial charge in [0.1, 0.15) is 5.82 Å². The third kappa shape index (κ3) is 9.00. The van der Waals surface area contributed by atoms with E-state index in [9.17, 15) is 50.9 Å². The third-order valence-corrected chi connectivity index (χ3v) is 5.38. The molecule has 0 bridgehead atoms. The summed E-state index contributed by atoms with van der Waals surface area (Å²) < 4.78 is 79.3. The molecule has 0 saturated carbocycles. The molecule has 10 nitrogen and oxygen atoms in total. The molecule has 2 N–H and O–H groups in total. The van der Waals surface area contributed by atoms with E-state index in [1.807, 2.05) is 0 Å². The first-order valence-electron chi connectivity index (χ1n) is 11.2. The molecule has 1 aliphatic rings. The SMILES string of the molecule is N[C@@H](CC(=O)N1CCn2c(nnc2C(F)(F)F)C1)Cc1cc(F)c(F)cc1F.O=C([O-])CCCCC(=O)[O-]. The maximum absolute atomic E-state index is 13.7. The van der Waals surface area contributed by atoms with Gasteiger partial charge in [-0.1, -0.05) is 0 Å². The van der Waals surface area contributed by atoms with Crippen LogP contribution in [-0.2, 0) is 40.1 Å². The number of hydrogen-bond donors (Lipinski definition) is 1. The van der Waals surface area contributed by atoms with E-state index < -0.39 is 53.3 Å². The van der Waals surface area contributed by atoms with Gasteiger partial charge in [-0.3, -0.25) is 4.79 Å². The summed E-state index contributed by atoms with van der Waals surface area (Å²) in [5.41, 5.74) is 5.64. The zero-order valence-corrected chi connectivity index (χ0v) is 19.8. The van der Waals surface area contributed by atoms with E-state index in [4.69, 9.17) is 5.73 Å².